The van der Waals surface area contributed by atoms with Gasteiger partial charge < -0.3 is 4.74 Å². The number of imide groups is 1. The molecule has 0 spiro atoms. The molecule has 1 saturated heterocycles. The number of pyridine rings is 1. The zero-order chi connectivity index (χ0) is 26.5. The van der Waals surface area contributed by atoms with E-state index < -0.39 is 27.8 Å². The second-order valence-electron chi connectivity index (χ2n) is 9.12. The Morgan fingerprint density at radius 3 is 2.54 bits per heavy atom. The van der Waals surface area contributed by atoms with E-state index in [2.05, 4.69) is 22.1 Å². The van der Waals surface area contributed by atoms with Gasteiger partial charge in [0.25, 0.3) is 11.8 Å². The zero-order valence-corrected chi connectivity index (χ0v) is 22.2. The molecule has 11 nitrogen and oxygen atoms in total. The molecule has 0 N–H and O–H groups in total. The largest absolute Gasteiger partial charge is 0.466 e. The molecule has 1 aromatic carbocycles. The van der Waals surface area contributed by atoms with Crippen LogP contribution in [0, 0.1) is 12.8 Å². The van der Waals surface area contributed by atoms with E-state index >= 15 is 0 Å². The third kappa shape index (κ3) is 4.40. The molecule has 2 aromatic heterocycles. The quantitative estimate of drug-likeness (QED) is 0.339. The number of sulfonamides is 1. The minimum Gasteiger partial charge on any atom is -0.466 e. The SMILES string of the molecule is CCOC(=O)Cc1nnc(N2C(=O)c3c(C)nc4ccc(S(=O)(=O)N5CCC(C)CC5)cc4c3C2=O)s1. The normalized spacial score (nSPS) is 17.0. The van der Waals surface area contributed by atoms with Crippen LogP contribution in [0.4, 0.5) is 5.13 Å². The van der Waals surface area contributed by atoms with Crippen LogP contribution in [0.25, 0.3) is 10.9 Å². The van der Waals surface area contributed by atoms with Crippen LogP contribution < -0.4 is 4.90 Å². The van der Waals surface area contributed by atoms with Crippen molar-refractivity contribution in [1.82, 2.24) is 19.5 Å². The molecule has 0 bridgehead atoms. The lowest BCUT2D eigenvalue weighted by Gasteiger charge is -2.29. The first-order valence-corrected chi connectivity index (χ1v) is 14.2. The maximum absolute atomic E-state index is 13.6. The van der Waals surface area contributed by atoms with E-state index in [9.17, 15) is 22.8 Å². The number of ether oxygens (including phenoxy) is 1. The van der Waals surface area contributed by atoms with Crippen LogP contribution in [0.15, 0.2) is 23.1 Å². The third-order valence-electron chi connectivity index (χ3n) is 6.60. The molecule has 2 aliphatic rings. The van der Waals surface area contributed by atoms with Crippen LogP contribution in [0.1, 0.15) is 58.1 Å². The number of amides is 2. The van der Waals surface area contributed by atoms with Gasteiger partial charge in [0, 0.05) is 18.5 Å². The average molecular weight is 544 g/mol. The van der Waals surface area contributed by atoms with Crippen molar-refractivity contribution in [3.05, 3.63) is 40.0 Å². The van der Waals surface area contributed by atoms with Crippen LogP contribution in [-0.2, 0) is 26.0 Å². The van der Waals surface area contributed by atoms with Crippen molar-refractivity contribution in [1.29, 1.82) is 0 Å². The van der Waals surface area contributed by atoms with Crippen LogP contribution in [0.5, 0.6) is 0 Å². The number of fused-ring (bicyclic) bond motifs is 3. The smallest absolute Gasteiger partial charge is 0.312 e. The summed E-state index contributed by atoms with van der Waals surface area (Å²) in [5, 5.41) is 8.47. The number of aryl methyl sites for hydroxylation is 1. The number of rotatable bonds is 6. The molecule has 2 aliphatic heterocycles. The first-order chi connectivity index (χ1) is 17.6. The lowest BCUT2D eigenvalue weighted by molar-refractivity contribution is -0.142. The maximum Gasteiger partial charge on any atom is 0.312 e. The highest BCUT2D eigenvalue weighted by molar-refractivity contribution is 7.89. The van der Waals surface area contributed by atoms with Crippen molar-refractivity contribution in [2.75, 3.05) is 24.6 Å². The highest BCUT2D eigenvalue weighted by atomic mass is 32.2. The Morgan fingerprint density at radius 2 is 1.84 bits per heavy atom. The van der Waals surface area contributed by atoms with E-state index in [4.69, 9.17) is 4.74 Å². The molecular formula is C24H25N5O6S2. The fraction of sp³-hybridized carbons (Fsp3) is 0.417. The summed E-state index contributed by atoms with van der Waals surface area (Å²) in [6.07, 6.45) is 1.44. The lowest BCUT2D eigenvalue weighted by Crippen LogP contribution is -2.37. The van der Waals surface area contributed by atoms with Crippen molar-refractivity contribution in [2.45, 2.75) is 44.9 Å². The minimum atomic E-state index is -3.78. The summed E-state index contributed by atoms with van der Waals surface area (Å²) in [6, 6.07) is 4.47. The average Bonchev–Trinajstić information content (AvgIpc) is 3.41. The predicted octanol–water partition coefficient (Wildman–Crippen LogP) is 2.72. The summed E-state index contributed by atoms with van der Waals surface area (Å²) >= 11 is 0.938. The number of anilines is 1. The van der Waals surface area contributed by atoms with E-state index in [-0.39, 0.29) is 39.6 Å². The Morgan fingerprint density at radius 1 is 1.14 bits per heavy atom. The van der Waals surface area contributed by atoms with Gasteiger partial charge in [-0.05, 0) is 50.8 Å². The molecule has 0 saturated carbocycles. The number of nitrogens with zero attached hydrogens (tertiary/aromatic N) is 5. The molecule has 4 heterocycles. The van der Waals surface area contributed by atoms with Crippen LogP contribution >= 0.6 is 11.3 Å². The van der Waals surface area contributed by atoms with E-state index in [0.29, 0.717) is 35.2 Å². The maximum atomic E-state index is 13.6. The minimum absolute atomic E-state index is 0.0178. The van der Waals surface area contributed by atoms with E-state index in [1.165, 1.54) is 16.4 Å². The fourth-order valence-electron chi connectivity index (χ4n) is 4.62. The second-order valence-corrected chi connectivity index (χ2v) is 12.1. The molecule has 194 valence electrons. The highest BCUT2D eigenvalue weighted by Gasteiger charge is 2.42. The number of carbonyl (C=O) groups excluding carboxylic acids is 3. The number of esters is 1. The molecule has 0 aliphatic carbocycles. The lowest BCUT2D eigenvalue weighted by atomic mass is 10.0. The summed E-state index contributed by atoms with van der Waals surface area (Å²) in [4.78, 5) is 44.1. The van der Waals surface area contributed by atoms with Crippen LogP contribution in [-0.4, -0.2) is 65.4 Å². The van der Waals surface area contributed by atoms with E-state index in [1.807, 2.05) is 0 Å². The second kappa shape index (κ2) is 9.54. The topological polar surface area (TPSA) is 140 Å². The van der Waals surface area contributed by atoms with Gasteiger partial charge >= 0.3 is 5.97 Å². The molecule has 1 fully saturated rings. The number of hydrogen-bond donors (Lipinski definition) is 0. The zero-order valence-electron chi connectivity index (χ0n) is 20.6. The molecular weight excluding hydrogens is 518 g/mol. The van der Waals surface area contributed by atoms with Crippen LogP contribution in [0.2, 0.25) is 0 Å². The Labute approximate surface area is 217 Å². The van der Waals surface area contributed by atoms with Gasteiger partial charge in [0.1, 0.15) is 5.01 Å². The van der Waals surface area contributed by atoms with Gasteiger partial charge in [-0.2, -0.15) is 4.31 Å². The molecule has 5 rings (SSSR count). The Hall–Kier alpha value is -3.29. The molecule has 0 unspecified atom stereocenters. The first-order valence-electron chi connectivity index (χ1n) is 11.9. The first kappa shape index (κ1) is 25.4. The van der Waals surface area contributed by atoms with E-state index in [1.54, 1.807) is 19.9 Å². The molecule has 0 radical (unpaired) electrons. The summed E-state index contributed by atoms with van der Waals surface area (Å²) in [7, 11) is -3.78. The molecule has 0 atom stereocenters. The van der Waals surface area contributed by atoms with Crippen LogP contribution in [0.3, 0.4) is 0 Å². The van der Waals surface area contributed by atoms with Crippen molar-refractivity contribution >= 4 is 55.2 Å². The number of hydrogen-bond acceptors (Lipinski definition) is 10. The van der Waals surface area contributed by atoms with Crippen molar-refractivity contribution in [3.8, 4) is 0 Å². The number of piperidine rings is 1. The summed E-state index contributed by atoms with van der Waals surface area (Å²) in [6.45, 7) is 6.50. The molecule has 13 heteroatoms. The summed E-state index contributed by atoms with van der Waals surface area (Å²) in [5.74, 6) is -1.29. The molecule has 2 amide bonds. The van der Waals surface area contributed by atoms with Gasteiger partial charge in [-0.25, -0.2) is 13.3 Å². The number of carbonyl (C=O) groups is 3. The predicted molar refractivity (Wildman–Crippen MR) is 135 cm³/mol. The van der Waals surface area contributed by atoms with E-state index in [0.717, 1.165) is 29.1 Å². The van der Waals surface area contributed by atoms with Crippen molar-refractivity contribution in [3.63, 3.8) is 0 Å². The van der Waals surface area contributed by atoms with Gasteiger partial charge in [-0.3, -0.25) is 19.4 Å². The Kier molecular flexibility index (Phi) is 6.54. The number of aromatic nitrogens is 3. The van der Waals surface area contributed by atoms with Gasteiger partial charge in [0.05, 0.1) is 40.3 Å². The number of benzene rings is 1. The van der Waals surface area contributed by atoms with Crippen molar-refractivity contribution < 1.29 is 27.5 Å². The Balaban J connectivity index is 1.54. The van der Waals surface area contributed by atoms with Gasteiger partial charge in [-0.15, -0.1) is 10.2 Å². The van der Waals surface area contributed by atoms with Gasteiger partial charge in [-0.1, -0.05) is 18.3 Å². The fourth-order valence-corrected chi connectivity index (χ4v) is 6.93. The third-order valence-corrected chi connectivity index (χ3v) is 9.40. The van der Waals surface area contributed by atoms with Gasteiger partial charge in [0.2, 0.25) is 15.2 Å². The summed E-state index contributed by atoms with van der Waals surface area (Å²) in [5.41, 5.74) is 0.936. The highest BCUT2D eigenvalue weighted by Crippen LogP contribution is 2.36. The Bertz CT molecular complexity index is 1540. The molecule has 3 aromatic rings. The molecule has 37 heavy (non-hydrogen) atoms. The van der Waals surface area contributed by atoms with Gasteiger partial charge in [0.15, 0.2) is 0 Å². The summed E-state index contributed by atoms with van der Waals surface area (Å²) < 4.78 is 33.1. The standard InChI is InChI=1S/C24H25N5O6S2/c1-4-35-19(30)12-18-26-27-24(36-18)29-22(31)20-14(3)25-17-6-5-15(11-16(17)21(20)23(29)32)37(33,34)28-9-7-13(2)8-10-28/h5-6,11,13H,4,7-10,12H2,1-3H3. The monoisotopic (exact) mass is 543 g/mol. The van der Waals surface area contributed by atoms with Crippen molar-refractivity contribution in [2.24, 2.45) is 5.92 Å².